The summed E-state index contributed by atoms with van der Waals surface area (Å²) in [5, 5.41) is 1.10. The van der Waals surface area contributed by atoms with Crippen LogP contribution in [0.4, 0.5) is 5.69 Å². The number of rotatable bonds is 7. The summed E-state index contributed by atoms with van der Waals surface area (Å²) < 4.78 is 28.5. The maximum absolute atomic E-state index is 12.8. The second kappa shape index (κ2) is 8.34. The van der Waals surface area contributed by atoms with E-state index < -0.39 is 10.0 Å². The smallest absolute Gasteiger partial charge is 0.240 e. The van der Waals surface area contributed by atoms with Crippen LogP contribution in [-0.2, 0) is 10.0 Å². The number of hydrogen-bond donors (Lipinski definition) is 2. The van der Waals surface area contributed by atoms with Crippen molar-refractivity contribution in [1.29, 1.82) is 0 Å². The SMILES string of the molecule is CN(C)c1ccc([C@H](CNS(=O)(=O)c2ccccc2)c2c[nH]c3ccccc23)cc1. The van der Waals surface area contributed by atoms with Crippen molar-refractivity contribution in [2.24, 2.45) is 0 Å². The molecule has 154 valence electrons. The quantitative estimate of drug-likeness (QED) is 0.468. The van der Waals surface area contributed by atoms with Crippen LogP contribution in [-0.4, -0.2) is 34.0 Å². The van der Waals surface area contributed by atoms with Crippen LogP contribution in [0.15, 0.2) is 90.0 Å². The molecule has 4 aromatic rings. The van der Waals surface area contributed by atoms with Gasteiger partial charge in [0.15, 0.2) is 0 Å². The molecule has 0 saturated heterocycles. The maximum Gasteiger partial charge on any atom is 0.240 e. The lowest BCUT2D eigenvalue weighted by Gasteiger charge is -2.20. The van der Waals surface area contributed by atoms with Gasteiger partial charge in [0.1, 0.15) is 0 Å². The van der Waals surface area contributed by atoms with Crippen LogP contribution < -0.4 is 9.62 Å². The second-order valence-corrected chi connectivity index (χ2v) is 9.26. The molecule has 1 heterocycles. The molecule has 5 nitrogen and oxygen atoms in total. The molecule has 0 radical (unpaired) electrons. The first-order chi connectivity index (χ1) is 14.5. The number of anilines is 1. The lowest BCUT2D eigenvalue weighted by Crippen LogP contribution is -2.29. The minimum absolute atomic E-state index is 0.129. The highest BCUT2D eigenvalue weighted by Gasteiger charge is 2.22. The Hall–Kier alpha value is -3.09. The van der Waals surface area contributed by atoms with Crippen molar-refractivity contribution in [3.05, 3.63) is 96.2 Å². The zero-order valence-electron chi connectivity index (χ0n) is 17.0. The molecule has 6 heteroatoms. The Bertz CT molecular complexity index is 1230. The van der Waals surface area contributed by atoms with E-state index in [4.69, 9.17) is 0 Å². The Morgan fingerprint density at radius 1 is 0.900 bits per heavy atom. The highest BCUT2D eigenvalue weighted by atomic mass is 32.2. The number of fused-ring (bicyclic) bond motifs is 1. The van der Waals surface area contributed by atoms with Crippen LogP contribution in [0.5, 0.6) is 0 Å². The topological polar surface area (TPSA) is 65.2 Å². The van der Waals surface area contributed by atoms with Gasteiger partial charge in [-0.05, 0) is 41.5 Å². The lowest BCUT2D eigenvalue weighted by atomic mass is 9.91. The molecule has 0 bridgehead atoms. The molecule has 4 rings (SSSR count). The van der Waals surface area contributed by atoms with E-state index >= 15 is 0 Å². The van der Waals surface area contributed by atoms with Crippen LogP contribution in [0.1, 0.15) is 17.0 Å². The molecule has 0 aliphatic carbocycles. The van der Waals surface area contributed by atoms with Crippen molar-refractivity contribution in [3.8, 4) is 0 Å². The molecule has 0 fully saturated rings. The van der Waals surface area contributed by atoms with Crippen LogP contribution in [0, 0.1) is 0 Å². The molecular weight excluding hydrogens is 394 g/mol. The third-order valence-corrected chi connectivity index (χ3v) is 6.78. The van der Waals surface area contributed by atoms with E-state index in [1.54, 1.807) is 30.3 Å². The summed E-state index contributed by atoms with van der Waals surface area (Å²) in [4.78, 5) is 5.62. The third-order valence-electron chi connectivity index (χ3n) is 5.34. The number of para-hydroxylation sites is 1. The van der Waals surface area contributed by atoms with Gasteiger partial charge in [0, 0.05) is 49.3 Å². The fraction of sp³-hybridized carbons (Fsp3) is 0.167. The summed E-state index contributed by atoms with van der Waals surface area (Å²) in [5.41, 5.74) is 4.26. The molecule has 0 aliphatic heterocycles. The molecule has 3 aromatic carbocycles. The van der Waals surface area contributed by atoms with Gasteiger partial charge in [0.2, 0.25) is 10.0 Å². The fourth-order valence-electron chi connectivity index (χ4n) is 3.67. The average Bonchev–Trinajstić information content (AvgIpc) is 3.19. The first kappa shape index (κ1) is 20.2. The van der Waals surface area contributed by atoms with E-state index in [1.807, 2.05) is 43.4 Å². The molecule has 0 aliphatic rings. The number of aromatic nitrogens is 1. The van der Waals surface area contributed by atoms with E-state index in [0.29, 0.717) is 0 Å². The molecule has 0 spiro atoms. The van der Waals surface area contributed by atoms with E-state index in [0.717, 1.165) is 27.7 Å². The van der Waals surface area contributed by atoms with Gasteiger partial charge in [-0.15, -0.1) is 0 Å². The molecule has 0 saturated carbocycles. The Kier molecular flexibility index (Phi) is 5.61. The number of sulfonamides is 1. The van der Waals surface area contributed by atoms with Crippen molar-refractivity contribution < 1.29 is 8.42 Å². The summed E-state index contributed by atoms with van der Waals surface area (Å²) in [5.74, 6) is -0.129. The second-order valence-electron chi connectivity index (χ2n) is 7.49. The Labute approximate surface area is 177 Å². The van der Waals surface area contributed by atoms with E-state index in [9.17, 15) is 8.42 Å². The summed E-state index contributed by atoms with van der Waals surface area (Å²) in [6, 6.07) is 24.8. The predicted molar refractivity (Wildman–Crippen MR) is 123 cm³/mol. The largest absolute Gasteiger partial charge is 0.378 e. The van der Waals surface area contributed by atoms with E-state index in [1.165, 1.54) is 0 Å². The van der Waals surface area contributed by atoms with Gasteiger partial charge in [0.05, 0.1) is 4.90 Å². The van der Waals surface area contributed by atoms with Crippen LogP contribution in [0.25, 0.3) is 10.9 Å². The van der Waals surface area contributed by atoms with Crippen molar-refractivity contribution in [2.75, 3.05) is 25.5 Å². The van der Waals surface area contributed by atoms with Crippen LogP contribution in [0.2, 0.25) is 0 Å². The third kappa shape index (κ3) is 4.10. The fourth-order valence-corrected chi connectivity index (χ4v) is 4.74. The number of benzene rings is 3. The predicted octanol–water partition coefficient (Wildman–Crippen LogP) is 4.34. The van der Waals surface area contributed by atoms with Gasteiger partial charge in [-0.3, -0.25) is 0 Å². The molecular formula is C24H25N3O2S. The van der Waals surface area contributed by atoms with Crippen molar-refractivity contribution in [1.82, 2.24) is 9.71 Å². The average molecular weight is 420 g/mol. The molecule has 1 aromatic heterocycles. The van der Waals surface area contributed by atoms with Gasteiger partial charge >= 0.3 is 0 Å². The molecule has 1 atom stereocenters. The molecule has 2 N–H and O–H groups in total. The standard InChI is InChI=1S/C24H25N3O2S/c1-27(2)19-14-12-18(13-15-19)22(23-16-25-24-11-7-6-10-21(23)24)17-26-30(28,29)20-8-4-3-5-9-20/h3-16,22,25-26H,17H2,1-2H3/t22-/m0/s1. The first-order valence-electron chi connectivity index (χ1n) is 9.84. The number of H-pyrrole nitrogens is 1. The molecule has 30 heavy (non-hydrogen) atoms. The normalized spacial score (nSPS) is 12.7. The number of nitrogens with zero attached hydrogens (tertiary/aromatic N) is 1. The minimum Gasteiger partial charge on any atom is -0.378 e. The van der Waals surface area contributed by atoms with Gasteiger partial charge < -0.3 is 9.88 Å². The Morgan fingerprint density at radius 3 is 2.27 bits per heavy atom. The van der Waals surface area contributed by atoms with Crippen LogP contribution >= 0.6 is 0 Å². The minimum atomic E-state index is -3.60. The highest BCUT2D eigenvalue weighted by molar-refractivity contribution is 7.89. The van der Waals surface area contributed by atoms with Crippen molar-refractivity contribution in [3.63, 3.8) is 0 Å². The van der Waals surface area contributed by atoms with Crippen molar-refractivity contribution >= 4 is 26.6 Å². The Morgan fingerprint density at radius 2 is 1.57 bits per heavy atom. The zero-order chi connectivity index (χ0) is 21.1. The molecule has 0 amide bonds. The lowest BCUT2D eigenvalue weighted by molar-refractivity contribution is 0.577. The summed E-state index contributed by atoms with van der Waals surface area (Å²) >= 11 is 0. The highest BCUT2D eigenvalue weighted by Crippen LogP contribution is 2.31. The number of aromatic amines is 1. The Balaban J connectivity index is 1.70. The van der Waals surface area contributed by atoms with E-state index in [-0.39, 0.29) is 17.4 Å². The van der Waals surface area contributed by atoms with Crippen molar-refractivity contribution in [2.45, 2.75) is 10.8 Å². The summed E-state index contributed by atoms with van der Waals surface area (Å²) in [6.07, 6.45) is 1.98. The monoisotopic (exact) mass is 419 g/mol. The summed E-state index contributed by atoms with van der Waals surface area (Å²) in [6.45, 7) is 0.264. The number of hydrogen-bond acceptors (Lipinski definition) is 3. The van der Waals surface area contributed by atoms with Gasteiger partial charge in [0.25, 0.3) is 0 Å². The van der Waals surface area contributed by atoms with Gasteiger partial charge in [-0.2, -0.15) is 0 Å². The van der Waals surface area contributed by atoms with Crippen LogP contribution in [0.3, 0.4) is 0 Å². The first-order valence-corrected chi connectivity index (χ1v) is 11.3. The van der Waals surface area contributed by atoms with Gasteiger partial charge in [-0.25, -0.2) is 13.1 Å². The maximum atomic E-state index is 12.8. The van der Waals surface area contributed by atoms with E-state index in [2.05, 4.69) is 40.0 Å². The molecule has 0 unspecified atom stereocenters. The summed E-state index contributed by atoms with van der Waals surface area (Å²) in [7, 11) is 0.403. The van der Waals surface area contributed by atoms with Gasteiger partial charge in [-0.1, -0.05) is 48.5 Å². The zero-order valence-corrected chi connectivity index (χ0v) is 17.9. The number of nitrogens with one attached hydrogen (secondary N) is 2.